The van der Waals surface area contributed by atoms with E-state index < -0.39 is 7.52 Å². The third kappa shape index (κ3) is 3.95. The molecule has 0 spiro atoms. The Bertz CT molecular complexity index is 685. The molecule has 0 fully saturated rings. The van der Waals surface area contributed by atoms with E-state index in [4.69, 9.17) is 4.52 Å². The minimum Gasteiger partial charge on any atom is -0.372 e. The molecule has 0 amide bonds. The van der Waals surface area contributed by atoms with E-state index >= 15 is 0 Å². The van der Waals surface area contributed by atoms with Gasteiger partial charge in [-0.2, -0.15) is 0 Å². The number of rotatable bonds is 7. The van der Waals surface area contributed by atoms with Crippen LogP contribution in [0, 0.1) is 6.92 Å². The van der Waals surface area contributed by atoms with Gasteiger partial charge in [0.2, 0.25) is 0 Å². The fraction of sp³-hybridized carbons (Fsp3) is 0.333. The minimum absolute atomic E-state index is 0.662. The Kier molecular flexibility index (Phi) is 5.86. The molecule has 0 saturated heterocycles. The van der Waals surface area contributed by atoms with Crippen molar-refractivity contribution in [1.29, 1.82) is 0 Å². The van der Waals surface area contributed by atoms with E-state index in [1.54, 1.807) is 0 Å². The number of nitrogens with one attached hydrogen (secondary N) is 1. The van der Waals surface area contributed by atoms with Gasteiger partial charge in [-0.05, 0) is 50.6 Å². The Morgan fingerprint density at radius 1 is 1.09 bits per heavy atom. The van der Waals surface area contributed by atoms with Gasteiger partial charge in [-0.1, -0.05) is 24.3 Å². The highest BCUT2D eigenvalue weighted by Gasteiger charge is 2.25. The molecule has 0 radical (unpaired) electrons. The summed E-state index contributed by atoms with van der Waals surface area (Å²) in [6.07, 6.45) is 0. The van der Waals surface area contributed by atoms with Crippen LogP contribution < -0.4 is 15.3 Å². The largest absolute Gasteiger partial charge is 0.372 e. The lowest BCUT2D eigenvalue weighted by Crippen LogP contribution is -2.22. The van der Waals surface area contributed by atoms with Gasteiger partial charge in [-0.25, -0.2) is 0 Å². The van der Waals surface area contributed by atoms with Gasteiger partial charge in [0.05, 0.1) is 5.30 Å². The zero-order valence-electron chi connectivity index (χ0n) is 14.2. The van der Waals surface area contributed by atoms with Crippen molar-refractivity contribution in [3.63, 3.8) is 0 Å². The fourth-order valence-electron chi connectivity index (χ4n) is 2.51. The summed E-state index contributed by atoms with van der Waals surface area (Å²) in [6, 6.07) is 15.4. The molecule has 2 aromatic carbocycles. The van der Waals surface area contributed by atoms with Gasteiger partial charge in [0.25, 0.3) is 0 Å². The summed E-state index contributed by atoms with van der Waals surface area (Å²) in [5.41, 5.74) is 2.98. The summed E-state index contributed by atoms with van der Waals surface area (Å²) in [5.74, 6) is 0. The van der Waals surface area contributed by atoms with E-state index in [1.807, 2.05) is 49.4 Å². The summed E-state index contributed by atoms with van der Waals surface area (Å²) >= 11 is 0. The lowest BCUT2D eigenvalue weighted by Gasteiger charge is -2.24. The van der Waals surface area contributed by atoms with Gasteiger partial charge in [0.1, 0.15) is 0 Å². The van der Waals surface area contributed by atoms with E-state index in [2.05, 4.69) is 29.9 Å². The molecule has 0 saturated carbocycles. The summed E-state index contributed by atoms with van der Waals surface area (Å²) in [7, 11) is -1.66. The van der Waals surface area contributed by atoms with Crippen LogP contribution in [0.3, 0.4) is 0 Å². The number of aryl methyl sites for hydroxylation is 1. The van der Waals surface area contributed by atoms with Crippen LogP contribution in [0.15, 0.2) is 48.5 Å². The van der Waals surface area contributed by atoms with Crippen molar-refractivity contribution in [3.05, 3.63) is 54.1 Å². The summed E-state index contributed by atoms with van der Waals surface area (Å²) in [5, 5.41) is 3.80. The van der Waals surface area contributed by atoms with Gasteiger partial charge < -0.3 is 14.5 Å². The zero-order chi connectivity index (χ0) is 16.9. The van der Waals surface area contributed by atoms with Crippen LogP contribution in [0.5, 0.6) is 0 Å². The third-order valence-corrected chi connectivity index (χ3v) is 6.00. The van der Waals surface area contributed by atoms with Crippen LogP contribution >= 0.6 is 7.52 Å². The number of nitrogens with zero attached hydrogens (tertiary/aromatic N) is 1. The SMILES string of the molecule is CCN(CC)c1ccc(C)c(NP(=O)(OC)c2ccccc2)c1. The first kappa shape index (κ1) is 17.6. The lowest BCUT2D eigenvalue weighted by atomic mass is 10.1. The van der Waals surface area contributed by atoms with Gasteiger partial charge in [0.15, 0.2) is 0 Å². The second kappa shape index (κ2) is 7.67. The molecule has 2 rings (SSSR count). The van der Waals surface area contributed by atoms with Gasteiger partial charge in [-0.15, -0.1) is 0 Å². The highest BCUT2D eigenvalue weighted by molar-refractivity contribution is 7.68. The molecule has 2 aromatic rings. The van der Waals surface area contributed by atoms with Gasteiger partial charge in [0, 0.05) is 31.6 Å². The average molecular weight is 332 g/mol. The predicted octanol–water partition coefficient (Wildman–Crippen LogP) is 4.42. The maximum atomic E-state index is 13.2. The third-order valence-electron chi connectivity index (χ3n) is 3.97. The van der Waals surface area contributed by atoms with E-state index in [9.17, 15) is 4.57 Å². The summed E-state index contributed by atoms with van der Waals surface area (Å²) < 4.78 is 18.5. The highest BCUT2D eigenvalue weighted by atomic mass is 31.2. The standard InChI is InChI=1S/C18H25N2O2P/c1-5-20(6-2)16-13-12-15(3)18(14-16)19-23(21,22-4)17-10-8-7-9-11-17/h7-14H,5-6H2,1-4H3,(H,19,21). The van der Waals surface area contributed by atoms with Crippen LogP contribution in [-0.4, -0.2) is 20.2 Å². The van der Waals surface area contributed by atoms with Gasteiger partial charge >= 0.3 is 7.52 Å². The second-order valence-corrected chi connectivity index (χ2v) is 7.56. The molecular formula is C18H25N2O2P. The number of anilines is 2. The van der Waals surface area contributed by atoms with Crippen molar-refractivity contribution >= 4 is 24.2 Å². The molecule has 1 atom stereocenters. The van der Waals surface area contributed by atoms with Crippen LogP contribution in [0.2, 0.25) is 0 Å². The Morgan fingerprint density at radius 2 is 1.74 bits per heavy atom. The number of hydrogen-bond donors (Lipinski definition) is 1. The molecule has 0 aliphatic heterocycles. The second-order valence-electron chi connectivity index (χ2n) is 5.35. The molecule has 124 valence electrons. The molecular weight excluding hydrogens is 307 g/mol. The van der Waals surface area contributed by atoms with Crippen LogP contribution in [0.25, 0.3) is 0 Å². The van der Waals surface area contributed by atoms with Crippen molar-refractivity contribution < 1.29 is 9.09 Å². The molecule has 1 unspecified atom stereocenters. The molecule has 0 bridgehead atoms. The topological polar surface area (TPSA) is 41.6 Å². The average Bonchev–Trinajstić information content (AvgIpc) is 2.59. The molecule has 0 aliphatic rings. The lowest BCUT2D eigenvalue weighted by molar-refractivity contribution is 0.408. The van der Waals surface area contributed by atoms with E-state index in [0.29, 0.717) is 5.30 Å². The van der Waals surface area contributed by atoms with Crippen molar-refractivity contribution in [2.75, 3.05) is 30.2 Å². The van der Waals surface area contributed by atoms with Crippen molar-refractivity contribution in [2.24, 2.45) is 0 Å². The highest BCUT2D eigenvalue weighted by Crippen LogP contribution is 2.45. The Morgan fingerprint density at radius 3 is 2.30 bits per heavy atom. The molecule has 23 heavy (non-hydrogen) atoms. The smallest absolute Gasteiger partial charge is 0.323 e. The normalized spacial score (nSPS) is 13.4. The van der Waals surface area contributed by atoms with Crippen LogP contribution in [0.4, 0.5) is 11.4 Å². The fourth-order valence-corrected chi connectivity index (χ4v) is 4.07. The Labute approximate surface area is 139 Å². The molecule has 1 N–H and O–H groups in total. The quantitative estimate of drug-likeness (QED) is 0.762. The molecule has 0 aliphatic carbocycles. The Balaban J connectivity index is 2.38. The van der Waals surface area contributed by atoms with Crippen LogP contribution in [0.1, 0.15) is 19.4 Å². The zero-order valence-corrected chi connectivity index (χ0v) is 15.1. The maximum absolute atomic E-state index is 13.2. The predicted molar refractivity (Wildman–Crippen MR) is 99.1 cm³/mol. The molecule has 0 aromatic heterocycles. The number of hydrogen-bond acceptors (Lipinski definition) is 3. The first-order valence-electron chi connectivity index (χ1n) is 7.89. The minimum atomic E-state index is -3.14. The van der Waals surface area contributed by atoms with E-state index in [1.165, 1.54) is 7.11 Å². The summed E-state index contributed by atoms with van der Waals surface area (Å²) in [4.78, 5) is 2.25. The Hall–Kier alpha value is -1.77. The molecule has 4 nitrogen and oxygen atoms in total. The number of benzene rings is 2. The molecule has 5 heteroatoms. The van der Waals surface area contributed by atoms with E-state index in [0.717, 1.165) is 30.0 Å². The van der Waals surface area contributed by atoms with Crippen molar-refractivity contribution in [1.82, 2.24) is 0 Å². The van der Waals surface area contributed by atoms with Crippen molar-refractivity contribution in [3.8, 4) is 0 Å². The maximum Gasteiger partial charge on any atom is 0.323 e. The first-order chi connectivity index (χ1) is 11.0. The first-order valence-corrected chi connectivity index (χ1v) is 9.51. The summed E-state index contributed by atoms with van der Waals surface area (Å²) in [6.45, 7) is 8.11. The molecule has 0 heterocycles. The van der Waals surface area contributed by atoms with E-state index in [-0.39, 0.29) is 0 Å². The van der Waals surface area contributed by atoms with Crippen molar-refractivity contribution in [2.45, 2.75) is 20.8 Å². The van der Waals surface area contributed by atoms with Crippen LogP contribution in [-0.2, 0) is 9.09 Å². The monoisotopic (exact) mass is 332 g/mol. The van der Waals surface area contributed by atoms with Gasteiger partial charge in [-0.3, -0.25) is 4.57 Å².